The molecule has 0 amide bonds. The molecule has 0 atom stereocenters. The molecule has 6 nitrogen and oxygen atoms in total. The third kappa shape index (κ3) is 3.24. The van der Waals surface area contributed by atoms with Gasteiger partial charge < -0.3 is 0 Å². The Morgan fingerprint density at radius 2 is 1.55 bits per heavy atom. The van der Waals surface area contributed by atoms with Gasteiger partial charge in [0.25, 0.3) is 0 Å². The molecule has 2 aromatic rings. The molecule has 1 aliphatic carbocycles. The second kappa shape index (κ2) is 6.45. The minimum Gasteiger partial charge on any atom is -0.218 e. The van der Waals surface area contributed by atoms with Crippen LogP contribution in [0.2, 0.25) is 0 Å². The van der Waals surface area contributed by atoms with Crippen LogP contribution in [0.1, 0.15) is 25.7 Å². The van der Waals surface area contributed by atoms with Crippen molar-refractivity contribution < 1.29 is 0 Å². The van der Waals surface area contributed by atoms with E-state index in [1.54, 1.807) is 24.2 Å². The van der Waals surface area contributed by atoms with Crippen molar-refractivity contribution in [3.63, 3.8) is 0 Å². The van der Waals surface area contributed by atoms with Gasteiger partial charge in [-0.1, -0.05) is 36.4 Å². The van der Waals surface area contributed by atoms with Crippen LogP contribution < -0.4 is 0 Å². The van der Waals surface area contributed by atoms with Crippen molar-refractivity contribution in [1.82, 2.24) is 30.4 Å². The lowest BCUT2D eigenvalue weighted by molar-refractivity contribution is 0.809. The fourth-order valence-electron chi connectivity index (χ4n) is 2.11. The molecule has 0 N–H and O–H groups in total. The van der Waals surface area contributed by atoms with Gasteiger partial charge in [0.15, 0.2) is 0 Å². The highest BCUT2D eigenvalue weighted by molar-refractivity contribution is 7.99. The van der Waals surface area contributed by atoms with Crippen LogP contribution in [0.25, 0.3) is 11.4 Å². The molecule has 0 aromatic carbocycles. The molecule has 3 rings (SSSR count). The second-order valence-electron chi connectivity index (χ2n) is 4.48. The Kier molecular flexibility index (Phi) is 4.41. The molecule has 1 aliphatic rings. The maximum atomic E-state index is 4.53. The summed E-state index contributed by atoms with van der Waals surface area (Å²) >= 11 is 3.17. The van der Waals surface area contributed by atoms with E-state index in [2.05, 4.69) is 30.4 Å². The molecule has 20 heavy (non-hydrogen) atoms. The summed E-state index contributed by atoms with van der Waals surface area (Å²) in [5.41, 5.74) is 1.39. The van der Waals surface area contributed by atoms with Crippen molar-refractivity contribution in [2.24, 2.45) is 0 Å². The zero-order valence-corrected chi connectivity index (χ0v) is 12.7. The third-order valence-corrected chi connectivity index (χ3v) is 4.82. The van der Waals surface area contributed by atoms with Gasteiger partial charge in [-0.3, -0.25) is 0 Å². The zero-order valence-electron chi connectivity index (χ0n) is 11.1. The number of hydrogen-bond donors (Lipinski definition) is 0. The van der Waals surface area contributed by atoms with Crippen LogP contribution in [0, 0.1) is 0 Å². The maximum absolute atomic E-state index is 4.53. The average Bonchev–Trinajstić information content (AvgIpc) is 3.00. The van der Waals surface area contributed by atoms with Crippen LogP contribution in [-0.2, 0) is 0 Å². The van der Waals surface area contributed by atoms with Crippen molar-refractivity contribution in [2.45, 2.75) is 41.2 Å². The minimum absolute atomic E-state index is 0.623. The lowest BCUT2D eigenvalue weighted by atomic mass is 10.3. The van der Waals surface area contributed by atoms with Crippen molar-refractivity contribution in [2.75, 3.05) is 6.26 Å². The Bertz CT molecular complexity index is 588. The van der Waals surface area contributed by atoms with Crippen LogP contribution in [0.3, 0.4) is 0 Å². The van der Waals surface area contributed by atoms with Gasteiger partial charge in [-0.25, -0.2) is 9.97 Å². The second-order valence-corrected chi connectivity index (χ2v) is 6.52. The summed E-state index contributed by atoms with van der Waals surface area (Å²) in [7, 11) is 0. The van der Waals surface area contributed by atoms with Gasteiger partial charge in [-0.05, 0) is 19.1 Å². The van der Waals surface area contributed by atoms with Crippen LogP contribution in [-0.4, -0.2) is 41.9 Å². The molecule has 104 valence electrons. The van der Waals surface area contributed by atoms with Gasteiger partial charge >= 0.3 is 0 Å². The predicted octanol–water partition coefficient (Wildman–Crippen LogP) is 2.48. The van der Waals surface area contributed by atoms with Crippen molar-refractivity contribution >= 4 is 23.5 Å². The van der Waals surface area contributed by atoms with Crippen molar-refractivity contribution in [3.8, 4) is 11.4 Å². The summed E-state index contributed by atoms with van der Waals surface area (Å²) in [5.74, 6) is 0. The van der Waals surface area contributed by atoms with Crippen molar-refractivity contribution in [1.29, 1.82) is 0 Å². The predicted molar refractivity (Wildman–Crippen MR) is 78.5 cm³/mol. The van der Waals surface area contributed by atoms with Gasteiger partial charge in [0.2, 0.25) is 10.3 Å². The molecule has 0 bridgehead atoms. The molecule has 0 saturated heterocycles. The van der Waals surface area contributed by atoms with E-state index < -0.39 is 0 Å². The van der Waals surface area contributed by atoms with Gasteiger partial charge in [-0.15, -0.1) is 10.2 Å². The van der Waals surface area contributed by atoms with E-state index in [4.69, 9.17) is 0 Å². The van der Waals surface area contributed by atoms with E-state index in [1.165, 1.54) is 37.4 Å². The quantitative estimate of drug-likeness (QED) is 0.797. The summed E-state index contributed by atoms with van der Waals surface area (Å²) in [5, 5.41) is 18.0. The number of thioether (sulfide) groups is 2. The van der Waals surface area contributed by atoms with E-state index in [0.717, 1.165) is 5.16 Å². The molecule has 0 spiro atoms. The SMILES string of the molecule is CSc1nncc(-c2cnnc(SC3CCCC3)n2)n1. The number of hydrogen-bond acceptors (Lipinski definition) is 8. The van der Waals surface area contributed by atoms with Crippen LogP contribution >= 0.6 is 23.5 Å². The largest absolute Gasteiger partial charge is 0.218 e. The van der Waals surface area contributed by atoms with Gasteiger partial charge in [0, 0.05) is 5.25 Å². The standard InChI is InChI=1S/C12H14N6S2/c1-19-11-15-9(6-13-17-11)10-7-14-18-12(16-10)20-8-4-2-3-5-8/h6-8H,2-5H2,1H3. The topological polar surface area (TPSA) is 77.3 Å². The Labute approximate surface area is 125 Å². The highest BCUT2D eigenvalue weighted by Gasteiger charge is 2.18. The van der Waals surface area contributed by atoms with Gasteiger partial charge in [0.05, 0.1) is 12.4 Å². The first-order chi connectivity index (χ1) is 9.85. The maximum Gasteiger partial charge on any atom is 0.209 e. The average molecular weight is 306 g/mol. The Morgan fingerprint density at radius 1 is 0.950 bits per heavy atom. The molecule has 1 fully saturated rings. The third-order valence-electron chi connectivity index (χ3n) is 3.10. The fraction of sp³-hybridized carbons (Fsp3) is 0.500. The van der Waals surface area contributed by atoms with Crippen LogP contribution in [0.15, 0.2) is 22.7 Å². The first kappa shape index (κ1) is 13.7. The lowest BCUT2D eigenvalue weighted by Gasteiger charge is -2.07. The molecule has 0 aliphatic heterocycles. The molecule has 2 aromatic heterocycles. The number of nitrogens with zero attached hydrogens (tertiary/aromatic N) is 6. The molecule has 0 unspecified atom stereocenters. The Morgan fingerprint density at radius 3 is 2.20 bits per heavy atom. The number of rotatable bonds is 4. The summed E-state index contributed by atoms with van der Waals surface area (Å²) in [6.45, 7) is 0. The highest BCUT2D eigenvalue weighted by Crippen LogP contribution is 2.33. The first-order valence-corrected chi connectivity index (χ1v) is 8.56. The van der Waals surface area contributed by atoms with E-state index >= 15 is 0 Å². The van der Waals surface area contributed by atoms with E-state index in [-0.39, 0.29) is 0 Å². The number of aromatic nitrogens is 6. The van der Waals surface area contributed by atoms with E-state index in [9.17, 15) is 0 Å². The van der Waals surface area contributed by atoms with Gasteiger partial charge in [-0.2, -0.15) is 10.2 Å². The van der Waals surface area contributed by atoms with E-state index in [1.807, 2.05) is 6.26 Å². The molecule has 2 heterocycles. The molecule has 0 radical (unpaired) electrons. The molecular weight excluding hydrogens is 292 g/mol. The lowest BCUT2D eigenvalue weighted by Crippen LogP contribution is -2.01. The minimum atomic E-state index is 0.623. The molecule has 8 heteroatoms. The molecule has 1 saturated carbocycles. The monoisotopic (exact) mass is 306 g/mol. The Balaban J connectivity index is 1.82. The van der Waals surface area contributed by atoms with E-state index in [0.29, 0.717) is 21.8 Å². The van der Waals surface area contributed by atoms with Crippen molar-refractivity contribution in [3.05, 3.63) is 12.4 Å². The summed E-state index contributed by atoms with van der Waals surface area (Å²) < 4.78 is 0. The van der Waals surface area contributed by atoms with Crippen LogP contribution in [0.5, 0.6) is 0 Å². The normalized spacial score (nSPS) is 15.7. The highest BCUT2D eigenvalue weighted by atomic mass is 32.2. The smallest absolute Gasteiger partial charge is 0.209 e. The fourth-order valence-corrected chi connectivity index (χ4v) is 3.54. The van der Waals surface area contributed by atoms with Gasteiger partial charge in [0.1, 0.15) is 11.4 Å². The first-order valence-electron chi connectivity index (χ1n) is 6.45. The summed E-state index contributed by atoms with van der Waals surface area (Å²) in [4.78, 5) is 8.92. The zero-order chi connectivity index (χ0) is 13.8. The van der Waals surface area contributed by atoms with Crippen LogP contribution in [0.4, 0.5) is 0 Å². The molecular formula is C12H14N6S2. The Hall–Kier alpha value is -1.28. The summed E-state index contributed by atoms with van der Waals surface area (Å²) in [6.07, 6.45) is 10.2. The summed E-state index contributed by atoms with van der Waals surface area (Å²) in [6, 6.07) is 0.